The Morgan fingerprint density at radius 2 is 2.24 bits per heavy atom. The highest BCUT2D eigenvalue weighted by molar-refractivity contribution is 7.72. The lowest BCUT2D eigenvalue weighted by Gasteiger charge is -2.13. The Bertz CT molecular complexity index is 461. The molecule has 1 aromatic rings. The molecule has 1 aliphatic rings. The van der Waals surface area contributed by atoms with Gasteiger partial charge in [0.15, 0.2) is 7.14 Å². The zero-order valence-corrected chi connectivity index (χ0v) is 10.7. The first-order chi connectivity index (χ1) is 8.08. The largest absolute Gasteiger partial charge is 0.489 e. The van der Waals surface area contributed by atoms with Crippen LogP contribution in [0.2, 0.25) is 0 Å². The summed E-state index contributed by atoms with van der Waals surface area (Å²) in [6.45, 7) is 2.04. The molecule has 0 unspecified atom stereocenters. The van der Waals surface area contributed by atoms with Crippen LogP contribution in [-0.2, 0) is 4.57 Å². The maximum absolute atomic E-state index is 12.8. The summed E-state index contributed by atoms with van der Waals surface area (Å²) >= 11 is 0. The predicted octanol–water partition coefficient (Wildman–Crippen LogP) is 0.505. The number of fused-ring (bicyclic) bond motifs is 1. The second-order valence-corrected chi connectivity index (χ2v) is 7.24. The Kier molecular flexibility index (Phi) is 3.62. The van der Waals surface area contributed by atoms with Crippen molar-refractivity contribution in [2.75, 3.05) is 12.5 Å². The summed E-state index contributed by atoms with van der Waals surface area (Å²) in [5.41, 5.74) is 0.319. The van der Waals surface area contributed by atoms with Gasteiger partial charge in [-0.3, -0.25) is 0 Å². The number of unbranched alkanes of at least 4 members (excludes halogenated alkanes) is 1. The second kappa shape index (κ2) is 4.85. The fourth-order valence-electron chi connectivity index (χ4n) is 2.13. The highest BCUT2D eigenvalue weighted by atomic mass is 31.2. The van der Waals surface area contributed by atoms with E-state index in [1.807, 2.05) is 6.92 Å². The molecule has 4 nitrogen and oxygen atoms in total. The summed E-state index contributed by atoms with van der Waals surface area (Å²) in [4.78, 5) is 0. The molecule has 0 spiro atoms. The first kappa shape index (κ1) is 12.7. The van der Waals surface area contributed by atoms with E-state index in [-0.39, 0.29) is 6.35 Å². The molecule has 0 aliphatic carbocycles. The lowest BCUT2D eigenvalue weighted by atomic mass is 9.80. The van der Waals surface area contributed by atoms with Gasteiger partial charge in [-0.05, 0) is 17.9 Å². The minimum absolute atomic E-state index is 0.187. The molecule has 0 radical (unpaired) electrons. The fraction of sp³-hybridized carbons (Fsp3) is 0.455. The van der Waals surface area contributed by atoms with Crippen molar-refractivity contribution in [1.29, 1.82) is 0 Å². The summed E-state index contributed by atoms with van der Waals surface area (Å²) in [7, 11) is -4.21. The quantitative estimate of drug-likeness (QED) is 0.606. The van der Waals surface area contributed by atoms with Gasteiger partial charge >= 0.3 is 7.12 Å². The average molecular weight is 254 g/mol. The SMILES string of the molecule is CCCC[P@@]1(=O)COc2cccc(B(O)O)c21. The lowest BCUT2D eigenvalue weighted by Crippen LogP contribution is -2.40. The van der Waals surface area contributed by atoms with Crippen LogP contribution in [0.1, 0.15) is 19.8 Å². The normalized spacial score (nSPS) is 22.1. The Labute approximate surface area is 101 Å². The molecule has 1 aliphatic heterocycles. The molecule has 6 heteroatoms. The molecule has 0 amide bonds. The van der Waals surface area contributed by atoms with Crippen molar-refractivity contribution >= 4 is 25.0 Å². The Morgan fingerprint density at radius 3 is 2.88 bits per heavy atom. The summed E-state index contributed by atoms with van der Waals surface area (Å²) in [5, 5.41) is 19.2. The maximum atomic E-state index is 12.8. The van der Waals surface area contributed by atoms with Crippen LogP contribution in [0.5, 0.6) is 5.75 Å². The van der Waals surface area contributed by atoms with Crippen LogP contribution in [0.4, 0.5) is 0 Å². The minimum Gasteiger partial charge on any atom is -0.485 e. The van der Waals surface area contributed by atoms with Gasteiger partial charge in [-0.25, -0.2) is 0 Å². The number of benzene rings is 1. The van der Waals surface area contributed by atoms with Gasteiger partial charge in [0, 0.05) is 6.16 Å². The maximum Gasteiger partial charge on any atom is 0.489 e. The molecule has 2 rings (SSSR count). The summed E-state index contributed by atoms with van der Waals surface area (Å²) in [6, 6.07) is 5.01. The number of rotatable bonds is 4. The zero-order valence-electron chi connectivity index (χ0n) is 9.80. The first-order valence-corrected chi connectivity index (χ1v) is 7.86. The third kappa shape index (κ3) is 2.28. The molecular weight excluding hydrogens is 238 g/mol. The Hall–Kier alpha value is -0.765. The van der Waals surface area contributed by atoms with Gasteiger partial charge in [-0.15, -0.1) is 0 Å². The van der Waals surface area contributed by atoms with Gasteiger partial charge in [0.25, 0.3) is 0 Å². The van der Waals surface area contributed by atoms with E-state index in [0.717, 1.165) is 12.8 Å². The molecule has 1 heterocycles. The summed E-state index contributed by atoms with van der Waals surface area (Å²) < 4.78 is 18.2. The fourth-order valence-corrected chi connectivity index (χ4v) is 4.99. The van der Waals surface area contributed by atoms with E-state index in [4.69, 9.17) is 4.74 Å². The molecule has 0 saturated heterocycles. The lowest BCUT2D eigenvalue weighted by molar-refractivity contribution is 0.393. The molecule has 0 aromatic heterocycles. The first-order valence-electron chi connectivity index (χ1n) is 5.79. The van der Waals surface area contributed by atoms with Gasteiger partial charge < -0.3 is 19.3 Å². The zero-order chi connectivity index (χ0) is 12.5. The average Bonchev–Trinajstić information content (AvgIpc) is 2.65. The van der Waals surface area contributed by atoms with E-state index < -0.39 is 14.3 Å². The third-order valence-electron chi connectivity index (χ3n) is 3.02. The van der Waals surface area contributed by atoms with Crippen LogP contribution in [0, 0.1) is 0 Å². The van der Waals surface area contributed by atoms with Crippen molar-refractivity contribution in [3.63, 3.8) is 0 Å². The summed E-state index contributed by atoms with van der Waals surface area (Å²) in [5.74, 6) is 0.537. The Morgan fingerprint density at radius 1 is 1.47 bits per heavy atom. The van der Waals surface area contributed by atoms with Crippen molar-refractivity contribution < 1.29 is 19.3 Å². The molecule has 0 bridgehead atoms. The molecule has 92 valence electrons. The van der Waals surface area contributed by atoms with Gasteiger partial charge in [0.05, 0.1) is 5.30 Å². The van der Waals surface area contributed by atoms with E-state index in [2.05, 4.69) is 0 Å². The Balaban J connectivity index is 2.45. The number of ether oxygens (including phenoxy) is 1. The van der Waals surface area contributed by atoms with Crippen molar-refractivity contribution in [3.05, 3.63) is 18.2 Å². The van der Waals surface area contributed by atoms with Crippen LogP contribution in [-0.4, -0.2) is 29.7 Å². The van der Waals surface area contributed by atoms with Crippen LogP contribution >= 0.6 is 7.14 Å². The standard InChI is InChI=1S/C11H16BO4P/c1-2-3-7-17(15)8-16-10-6-4-5-9(11(10)17)12(13)14/h4-6,13-14H,2-3,7-8H2,1H3/t17-/m1/s1. The highest BCUT2D eigenvalue weighted by Gasteiger charge is 2.38. The van der Waals surface area contributed by atoms with Crippen molar-refractivity contribution in [1.82, 2.24) is 0 Å². The van der Waals surface area contributed by atoms with Crippen molar-refractivity contribution in [3.8, 4) is 5.75 Å². The minimum atomic E-state index is -2.61. The van der Waals surface area contributed by atoms with E-state index in [1.54, 1.807) is 18.2 Å². The smallest absolute Gasteiger partial charge is 0.485 e. The van der Waals surface area contributed by atoms with Crippen LogP contribution in [0.15, 0.2) is 18.2 Å². The highest BCUT2D eigenvalue weighted by Crippen LogP contribution is 2.51. The van der Waals surface area contributed by atoms with Crippen molar-refractivity contribution in [2.45, 2.75) is 19.8 Å². The topological polar surface area (TPSA) is 66.8 Å². The van der Waals surface area contributed by atoms with Gasteiger partial charge in [-0.2, -0.15) is 0 Å². The third-order valence-corrected chi connectivity index (χ3v) is 5.90. The number of hydrogen-bond acceptors (Lipinski definition) is 4. The molecular formula is C11H16BO4P. The number of hydrogen-bond donors (Lipinski definition) is 2. The monoisotopic (exact) mass is 254 g/mol. The van der Waals surface area contributed by atoms with E-state index in [1.165, 1.54) is 0 Å². The predicted molar refractivity (Wildman–Crippen MR) is 68.8 cm³/mol. The molecule has 0 saturated carbocycles. The van der Waals surface area contributed by atoms with Crippen molar-refractivity contribution in [2.24, 2.45) is 0 Å². The van der Waals surface area contributed by atoms with Crippen LogP contribution in [0.3, 0.4) is 0 Å². The molecule has 17 heavy (non-hydrogen) atoms. The molecule has 1 atom stereocenters. The molecule has 0 fully saturated rings. The van der Waals surface area contributed by atoms with Crippen LogP contribution in [0.25, 0.3) is 0 Å². The van der Waals surface area contributed by atoms with Crippen LogP contribution < -0.4 is 15.5 Å². The van der Waals surface area contributed by atoms with Gasteiger partial charge in [0.2, 0.25) is 0 Å². The van der Waals surface area contributed by atoms with Gasteiger partial charge in [0.1, 0.15) is 12.1 Å². The van der Waals surface area contributed by atoms with E-state index >= 15 is 0 Å². The second-order valence-electron chi connectivity index (χ2n) is 4.31. The van der Waals surface area contributed by atoms with Gasteiger partial charge in [-0.1, -0.05) is 25.5 Å². The molecule has 1 aromatic carbocycles. The summed E-state index contributed by atoms with van der Waals surface area (Å²) in [6.07, 6.45) is 2.57. The van der Waals surface area contributed by atoms with E-state index in [9.17, 15) is 14.6 Å². The molecule has 2 N–H and O–H groups in total. The van der Waals surface area contributed by atoms with E-state index in [0.29, 0.717) is 22.7 Å².